The van der Waals surface area contributed by atoms with E-state index in [0.717, 1.165) is 0 Å². The van der Waals surface area contributed by atoms with Crippen molar-refractivity contribution in [3.8, 4) is 0 Å². The predicted molar refractivity (Wildman–Crippen MR) is 126 cm³/mol. The monoisotopic (exact) mass is 490 g/mol. The molecule has 3 fully saturated rings. The Balaban J connectivity index is 1.82. The second kappa shape index (κ2) is 9.68. The van der Waals surface area contributed by atoms with Crippen LogP contribution in [0.15, 0.2) is 36.9 Å². The fraction of sp³-hybridized carbons (Fsp3) is 0.560. The number of aliphatic hydroxyl groups is 1. The third-order valence-corrected chi connectivity index (χ3v) is 7.65. The fourth-order valence-corrected chi connectivity index (χ4v) is 6.18. The third-order valence-electron chi connectivity index (χ3n) is 7.33. The molecule has 3 aliphatic rings. The number of likely N-dealkylation sites (tertiary alicyclic amines) is 1. The lowest BCUT2D eigenvalue weighted by atomic mass is 9.70. The molecule has 3 heterocycles. The van der Waals surface area contributed by atoms with E-state index in [1.54, 1.807) is 37.3 Å². The van der Waals surface area contributed by atoms with Crippen LogP contribution in [0, 0.1) is 11.8 Å². The molecule has 4 rings (SSSR count). The first kappa shape index (κ1) is 24.7. The van der Waals surface area contributed by atoms with Crippen molar-refractivity contribution in [2.24, 2.45) is 11.8 Å². The smallest absolute Gasteiger partial charge is 0.312 e. The first-order chi connectivity index (χ1) is 16.4. The van der Waals surface area contributed by atoms with E-state index in [1.165, 1.54) is 9.80 Å². The quantitative estimate of drug-likeness (QED) is 0.422. The van der Waals surface area contributed by atoms with Crippen molar-refractivity contribution < 1.29 is 29.0 Å². The van der Waals surface area contributed by atoms with Gasteiger partial charge in [-0.1, -0.05) is 36.7 Å². The van der Waals surface area contributed by atoms with E-state index < -0.39 is 41.6 Å². The number of halogens is 1. The normalized spacial score (nSPS) is 30.2. The zero-order valence-corrected chi connectivity index (χ0v) is 20.2. The molecule has 0 aliphatic carbocycles. The summed E-state index contributed by atoms with van der Waals surface area (Å²) >= 11 is 6.43. The highest BCUT2D eigenvalue weighted by Crippen LogP contribution is 2.59. The summed E-state index contributed by atoms with van der Waals surface area (Å²) in [6.07, 6.45) is 2.57. The molecule has 0 aromatic heterocycles. The Morgan fingerprint density at radius 1 is 1.41 bits per heavy atom. The highest BCUT2D eigenvalue weighted by Gasteiger charge is 2.75. The van der Waals surface area contributed by atoms with Gasteiger partial charge in [-0.15, -0.1) is 6.58 Å². The Labute approximate surface area is 204 Å². The van der Waals surface area contributed by atoms with Crippen LogP contribution in [-0.2, 0) is 23.9 Å². The van der Waals surface area contributed by atoms with Crippen molar-refractivity contribution >= 4 is 35.1 Å². The number of hydrogen-bond acceptors (Lipinski definition) is 6. The largest absolute Gasteiger partial charge is 0.466 e. The maximum Gasteiger partial charge on any atom is 0.312 e. The van der Waals surface area contributed by atoms with Crippen LogP contribution in [0.2, 0.25) is 5.02 Å². The van der Waals surface area contributed by atoms with Gasteiger partial charge in [-0.25, -0.2) is 0 Å². The van der Waals surface area contributed by atoms with Gasteiger partial charge < -0.3 is 24.4 Å². The highest BCUT2D eigenvalue weighted by atomic mass is 35.5. The van der Waals surface area contributed by atoms with E-state index in [1.807, 2.05) is 6.92 Å². The number of amides is 2. The third kappa shape index (κ3) is 3.63. The minimum absolute atomic E-state index is 0.169. The molecule has 8 nitrogen and oxygen atoms in total. The van der Waals surface area contributed by atoms with Gasteiger partial charge in [0.05, 0.1) is 47.9 Å². The maximum absolute atomic E-state index is 14.3. The number of ether oxygens (including phenoxy) is 2. The number of carbonyl (C=O) groups excluding carboxylic acids is 3. The molecule has 2 unspecified atom stereocenters. The Kier molecular flexibility index (Phi) is 7.03. The van der Waals surface area contributed by atoms with Crippen LogP contribution in [0.3, 0.4) is 0 Å². The summed E-state index contributed by atoms with van der Waals surface area (Å²) in [7, 11) is 0. The SMILES string of the molecule is C=CCN(C(=O)C1N([C@@H](CC)CO)C(=O)[C@@H]2[C@@H](C(=O)OCC)[C@H]3CCC12O3)c1ccccc1Cl. The van der Waals surface area contributed by atoms with Gasteiger partial charge >= 0.3 is 5.97 Å². The summed E-state index contributed by atoms with van der Waals surface area (Å²) in [5.74, 6) is -2.81. The second-order valence-corrected chi connectivity index (χ2v) is 9.39. The predicted octanol–water partition coefficient (Wildman–Crippen LogP) is 2.57. The van der Waals surface area contributed by atoms with Crippen molar-refractivity contribution in [2.75, 3.05) is 24.7 Å². The summed E-state index contributed by atoms with van der Waals surface area (Å²) in [6, 6.07) is 5.37. The Hall–Kier alpha value is -2.42. The molecule has 0 radical (unpaired) electrons. The number of nitrogens with zero attached hydrogens (tertiary/aromatic N) is 2. The van der Waals surface area contributed by atoms with Gasteiger partial charge in [0.25, 0.3) is 5.91 Å². The molecule has 2 amide bonds. The lowest BCUT2D eigenvalue weighted by Gasteiger charge is -2.39. The first-order valence-electron chi connectivity index (χ1n) is 11.8. The standard InChI is InChI=1S/C25H31ClN2O6/c1-4-13-27(17-10-8-7-9-16(17)26)23(31)21-25-12-11-18(34-25)19(24(32)33-6-3)20(25)22(30)28(21)15(5-2)14-29/h4,7-10,15,18-21,29H,1,5-6,11-14H2,2-3H3/t15-,18+,19-,20-,21?,25?/m0/s1. The molecule has 1 aromatic rings. The van der Waals surface area contributed by atoms with Gasteiger partial charge in [0.1, 0.15) is 11.6 Å². The van der Waals surface area contributed by atoms with Crippen LogP contribution in [0.5, 0.6) is 0 Å². The molecule has 9 heteroatoms. The summed E-state index contributed by atoms with van der Waals surface area (Å²) in [5, 5.41) is 10.5. The molecule has 3 saturated heterocycles. The average Bonchev–Trinajstić information content (AvgIpc) is 3.47. The number of rotatable bonds is 9. The first-order valence-corrected chi connectivity index (χ1v) is 12.2. The van der Waals surface area contributed by atoms with Crippen LogP contribution >= 0.6 is 11.6 Å². The number of hydrogen-bond donors (Lipinski definition) is 1. The van der Waals surface area contributed by atoms with Crippen LogP contribution in [-0.4, -0.2) is 71.3 Å². The van der Waals surface area contributed by atoms with E-state index in [-0.39, 0.29) is 31.6 Å². The lowest BCUT2D eigenvalue weighted by molar-refractivity contribution is -0.155. The molecule has 1 aromatic carbocycles. The number of para-hydroxylation sites is 1. The van der Waals surface area contributed by atoms with Crippen LogP contribution < -0.4 is 4.90 Å². The minimum atomic E-state index is -1.17. The Bertz CT molecular complexity index is 982. The zero-order chi connectivity index (χ0) is 24.6. The summed E-state index contributed by atoms with van der Waals surface area (Å²) in [5.41, 5.74) is -0.674. The minimum Gasteiger partial charge on any atom is -0.466 e. The van der Waals surface area contributed by atoms with Gasteiger partial charge in [0, 0.05) is 6.54 Å². The molecule has 0 saturated carbocycles. The Morgan fingerprint density at radius 2 is 2.15 bits per heavy atom. The average molecular weight is 491 g/mol. The molecule has 2 bridgehead atoms. The van der Waals surface area contributed by atoms with Crippen LogP contribution in [0.25, 0.3) is 0 Å². The van der Waals surface area contributed by atoms with Gasteiger partial charge in [-0.05, 0) is 38.3 Å². The molecule has 1 N–H and O–H groups in total. The number of anilines is 1. The zero-order valence-electron chi connectivity index (χ0n) is 19.5. The fourth-order valence-electron chi connectivity index (χ4n) is 5.94. The summed E-state index contributed by atoms with van der Waals surface area (Å²) < 4.78 is 11.7. The van der Waals surface area contributed by atoms with E-state index in [9.17, 15) is 19.5 Å². The maximum atomic E-state index is 14.3. The summed E-state index contributed by atoms with van der Waals surface area (Å²) in [4.78, 5) is 43.9. The van der Waals surface area contributed by atoms with E-state index in [4.69, 9.17) is 21.1 Å². The molecule has 1 spiro atoms. The van der Waals surface area contributed by atoms with Crippen molar-refractivity contribution in [1.29, 1.82) is 0 Å². The molecule has 34 heavy (non-hydrogen) atoms. The number of benzene rings is 1. The van der Waals surface area contributed by atoms with Crippen molar-refractivity contribution in [3.63, 3.8) is 0 Å². The Morgan fingerprint density at radius 3 is 2.76 bits per heavy atom. The topological polar surface area (TPSA) is 96.4 Å². The number of esters is 1. The van der Waals surface area contributed by atoms with Crippen molar-refractivity contribution in [1.82, 2.24) is 4.90 Å². The van der Waals surface area contributed by atoms with Crippen LogP contribution in [0.1, 0.15) is 33.1 Å². The highest BCUT2D eigenvalue weighted by molar-refractivity contribution is 6.34. The van der Waals surface area contributed by atoms with Gasteiger partial charge in [-0.2, -0.15) is 0 Å². The number of aliphatic hydroxyl groups excluding tert-OH is 1. The number of carbonyl (C=O) groups is 3. The van der Waals surface area contributed by atoms with Gasteiger partial charge in [0.15, 0.2) is 0 Å². The number of fused-ring (bicyclic) bond motifs is 1. The van der Waals surface area contributed by atoms with E-state index in [0.29, 0.717) is 30.0 Å². The van der Waals surface area contributed by atoms with Crippen molar-refractivity contribution in [3.05, 3.63) is 41.9 Å². The lowest BCUT2D eigenvalue weighted by Crippen LogP contribution is -2.59. The van der Waals surface area contributed by atoms with Gasteiger partial charge in [0.2, 0.25) is 5.91 Å². The van der Waals surface area contributed by atoms with Crippen molar-refractivity contribution in [2.45, 2.75) is 56.9 Å². The molecule has 6 atom stereocenters. The second-order valence-electron chi connectivity index (χ2n) is 8.99. The van der Waals surface area contributed by atoms with E-state index in [2.05, 4.69) is 6.58 Å². The van der Waals surface area contributed by atoms with Crippen LogP contribution in [0.4, 0.5) is 5.69 Å². The molecule has 184 valence electrons. The summed E-state index contributed by atoms with van der Waals surface area (Å²) in [6.45, 7) is 7.39. The van der Waals surface area contributed by atoms with Gasteiger partial charge in [-0.3, -0.25) is 14.4 Å². The molecule has 3 aliphatic heterocycles. The molecular weight excluding hydrogens is 460 g/mol. The molecular formula is C25H31ClN2O6. The van der Waals surface area contributed by atoms with E-state index >= 15 is 0 Å².